The second kappa shape index (κ2) is 5.01. The molecule has 1 saturated heterocycles. The standard InChI is InChI=1S/C10H14BrNS2/c11-8-2-4-14-10(8)5-9(12)7-1-3-13-6-7/h2,4,7,9H,1,3,5-6,12H2. The smallest absolute Gasteiger partial charge is 0.0314 e. The highest BCUT2D eigenvalue weighted by Crippen LogP contribution is 2.30. The number of thiophene rings is 1. The van der Waals surface area contributed by atoms with Crippen molar-refractivity contribution in [2.24, 2.45) is 11.7 Å². The summed E-state index contributed by atoms with van der Waals surface area (Å²) in [6.45, 7) is 0. The molecular formula is C10H14BrNS2. The van der Waals surface area contributed by atoms with Crippen LogP contribution in [0, 0.1) is 5.92 Å². The van der Waals surface area contributed by atoms with E-state index in [1.54, 1.807) is 11.3 Å². The van der Waals surface area contributed by atoms with Crippen LogP contribution in [0.3, 0.4) is 0 Å². The predicted octanol–water partition coefficient (Wildman–Crippen LogP) is 3.13. The van der Waals surface area contributed by atoms with E-state index in [1.807, 2.05) is 11.8 Å². The molecule has 1 aromatic heterocycles. The highest BCUT2D eigenvalue weighted by molar-refractivity contribution is 9.10. The van der Waals surface area contributed by atoms with Gasteiger partial charge < -0.3 is 5.73 Å². The van der Waals surface area contributed by atoms with E-state index in [2.05, 4.69) is 27.4 Å². The molecule has 1 nitrogen and oxygen atoms in total. The number of halogens is 1. The van der Waals surface area contributed by atoms with Gasteiger partial charge in [0.05, 0.1) is 0 Å². The van der Waals surface area contributed by atoms with Crippen LogP contribution in [0.15, 0.2) is 15.9 Å². The molecule has 1 aliphatic heterocycles. The summed E-state index contributed by atoms with van der Waals surface area (Å²) in [6, 6.07) is 2.45. The van der Waals surface area contributed by atoms with Crippen LogP contribution in [-0.2, 0) is 6.42 Å². The maximum Gasteiger partial charge on any atom is 0.0314 e. The van der Waals surface area contributed by atoms with Crippen molar-refractivity contribution >= 4 is 39.0 Å². The van der Waals surface area contributed by atoms with Gasteiger partial charge in [-0.2, -0.15) is 11.8 Å². The van der Waals surface area contributed by atoms with Gasteiger partial charge in [0.25, 0.3) is 0 Å². The van der Waals surface area contributed by atoms with Crippen molar-refractivity contribution < 1.29 is 0 Å². The van der Waals surface area contributed by atoms with Gasteiger partial charge in [0, 0.05) is 15.4 Å². The van der Waals surface area contributed by atoms with E-state index in [-0.39, 0.29) is 0 Å². The van der Waals surface area contributed by atoms with Crippen LogP contribution < -0.4 is 5.73 Å². The van der Waals surface area contributed by atoms with Gasteiger partial charge in [-0.15, -0.1) is 11.3 Å². The Hall–Kier alpha value is 0.490. The third-order valence-electron chi connectivity index (χ3n) is 2.68. The molecule has 4 heteroatoms. The molecule has 0 radical (unpaired) electrons. The van der Waals surface area contributed by atoms with Crippen LogP contribution in [0.1, 0.15) is 11.3 Å². The lowest BCUT2D eigenvalue weighted by atomic mass is 9.97. The Morgan fingerprint density at radius 2 is 2.50 bits per heavy atom. The first-order chi connectivity index (χ1) is 6.77. The maximum atomic E-state index is 6.21. The van der Waals surface area contributed by atoms with Gasteiger partial charge >= 0.3 is 0 Å². The van der Waals surface area contributed by atoms with Gasteiger partial charge in [-0.3, -0.25) is 0 Å². The minimum absolute atomic E-state index is 0.347. The number of thioether (sulfide) groups is 1. The molecule has 0 saturated carbocycles. The molecule has 2 unspecified atom stereocenters. The van der Waals surface area contributed by atoms with Crippen molar-refractivity contribution in [1.29, 1.82) is 0 Å². The Bertz CT molecular complexity index is 294. The van der Waals surface area contributed by atoms with Crippen molar-refractivity contribution in [2.45, 2.75) is 18.9 Å². The van der Waals surface area contributed by atoms with E-state index in [0.29, 0.717) is 6.04 Å². The van der Waals surface area contributed by atoms with Crippen molar-refractivity contribution in [3.8, 4) is 0 Å². The molecule has 2 heterocycles. The molecule has 1 aromatic rings. The van der Waals surface area contributed by atoms with Gasteiger partial charge in [-0.1, -0.05) is 0 Å². The van der Waals surface area contributed by atoms with Gasteiger partial charge in [0.15, 0.2) is 0 Å². The molecule has 78 valence electrons. The number of hydrogen-bond acceptors (Lipinski definition) is 3. The van der Waals surface area contributed by atoms with Crippen molar-refractivity contribution in [2.75, 3.05) is 11.5 Å². The fraction of sp³-hybridized carbons (Fsp3) is 0.600. The lowest BCUT2D eigenvalue weighted by Gasteiger charge is -2.17. The molecule has 0 aliphatic carbocycles. The Labute approximate surface area is 102 Å². The van der Waals surface area contributed by atoms with Crippen molar-refractivity contribution in [3.63, 3.8) is 0 Å². The first kappa shape index (κ1) is 11.0. The fourth-order valence-corrected chi connectivity index (χ4v) is 4.68. The Kier molecular flexibility index (Phi) is 3.93. The quantitative estimate of drug-likeness (QED) is 0.926. The molecule has 2 rings (SSSR count). The minimum Gasteiger partial charge on any atom is -0.327 e. The average molecular weight is 292 g/mol. The monoisotopic (exact) mass is 291 g/mol. The van der Waals surface area contributed by atoms with Crippen LogP contribution in [0.4, 0.5) is 0 Å². The summed E-state index contributed by atoms with van der Waals surface area (Å²) < 4.78 is 1.23. The highest BCUT2D eigenvalue weighted by Gasteiger charge is 2.23. The number of rotatable bonds is 3. The second-order valence-corrected chi connectivity index (χ2v) is 6.69. The van der Waals surface area contributed by atoms with Gasteiger partial charge in [-0.05, 0) is 57.6 Å². The Morgan fingerprint density at radius 3 is 3.07 bits per heavy atom. The minimum atomic E-state index is 0.347. The molecule has 1 aliphatic rings. The van der Waals surface area contributed by atoms with Crippen molar-refractivity contribution in [3.05, 3.63) is 20.8 Å². The van der Waals surface area contributed by atoms with Gasteiger partial charge in [0.1, 0.15) is 0 Å². The molecule has 0 aromatic carbocycles. The predicted molar refractivity (Wildman–Crippen MR) is 69.1 cm³/mol. The zero-order valence-corrected chi connectivity index (χ0v) is 11.1. The first-order valence-electron chi connectivity index (χ1n) is 4.82. The number of hydrogen-bond donors (Lipinski definition) is 1. The lowest BCUT2D eigenvalue weighted by Crippen LogP contribution is -2.32. The van der Waals surface area contributed by atoms with E-state index >= 15 is 0 Å². The summed E-state index contributed by atoms with van der Waals surface area (Å²) in [5.41, 5.74) is 6.21. The third-order valence-corrected chi connectivity index (χ3v) is 5.82. The Morgan fingerprint density at radius 1 is 1.64 bits per heavy atom. The SMILES string of the molecule is NC(Cc1sccc1Br)C1CCSC1. The molecular weight excluding hydrogens is 278 g/mol. The normalized spacial score (nSPS) is 24.0. The van der Waals surface area contributed by atoms with E-state index in [0.717, 1.165) is 12.3 Å². The summed E-state index contributed by atoms with van der Waals surface area (Å²) in [5.74, 6) is 3.28. The van der Waals surface area contributed by atoms with Crippen molar-refractivity contribution in [1.82, 2.24) is 0 Å². The van der Waals surface area contributed by atoms with E-state index in [1.165, 1.54) is 27.3 Å². The summed E-state index contributed by atoms with van der Waals surface area (Å²) in [5, 5.41) is 2.12. The van der Waals surface area contributed by atoms with Crippen LogP contribution in [0.5, 0.6) is 0 Å². The summed E-state index contributed by atoms with van der Waals surface area (Å²) in [4.78, 5) is 1.40. The molecule has 0 spiro atoms. The molecule has 0 bridgehead atoms. The van der Waals surface area contributed by atoms with Crippen LogP contribution in [0.25, 0.3) is 0 Å². The summed E-state index contributed by atoms with van der Waals surface area (Å²) >= 11 is 7.39. The Balaban J connectivity index is 1.93. The molecule has 0 amide bonds. The molecule has 1 fully saturated rings. The topological polar surface area (TPSA) is 26.0 Å². The van der Waals surface area contributed by atoms with Crippen LogP contribution in [-0.4, -0.2) is 17.5 Å². The van der Waals surface area contributed by atoms with E-state index in [9.17, 15) is 0 Å². The fourth-order valence-electron chi connectivity index (χ4n) is 1.74. The average Bonchev–Trinajstić information content (AvgIpc) is 2.77. The molecule has 14 heavy (non-hydrogen) atoms. The highest BCUT2D eigenvalue weighted by atomic mass is 79.9. The number of nitrogens with two attached hydrogens (primary N) is 1. The third kappa shape index (κ3) is 2.54. The zero-order chi connectivity index (χ0) is 9.97. The largest absolute Gasteiger partial charge is 0.327 e. The maximum absolute atomic E-state index is 6.21. The second-order valence-electron chi connectivity index (χ2n) is 3.68. The lowest BCUT2D eigenvalue weighted by molar-refractivity contribution is 0.464. The van der Waals surface area contributed by atoms with E-state index < -0.39 is 0 Å². The summed E-state index contributed by atoms with van der Waals surface area (Å²) in [6.07, 6.45) is 2.33. The van der Waals surface area contributed by atoms with Crippen LogP contribution >= 0.6 is 39.0 Å². The first-order valence-corrected chi connectivity index (χ1v) is 7.65. The molecule has 2 N–H and O–H groups in total. The van der Waals surface area contributed by atoms with Gasteiger partial charge in [-0.25, -0.2) is 0 Å². The van der Waals surface area contributed by atoms with Gasteiger partial charge in [0.2, 0.25) is 0 Å². The zero-order valence-electron chi connectivity index (χ0n) is 7.91. The van der Waals surface area contributed by atoms with E-state index in [4.69, 9.17) is 5.73 Å². The van der Waals surface area contributed by atoms with Crippen LogP contribution in [0.2, 0.25) is 0 Å². The summed E-state index contributed by atoms with van der Waals surface area (Å²) in [7, 11) is 0. The molecule has 2 atom stereocenters.